The summed E-state index contributed by atoms with van der Waals surface area (Å²) in [5.41, 5.74) is 6.20. The first-order valence-electron chi connectivity index (χ1n) is 11.7. The number of nitrogen functional groups attached to an aromatic ring is 1. The lowest BCUT2D eigenvalue weighted by molar-refractivity contribution is -0.764. The number of oxime groups is 1. The van der Waals surface area contributed by atoms with E-state index in [1.807, 2.05) is 0 Å². The molecule has 1 aromatic carbocycles. The van der Waals surface area contributed by atoms with Crippen LogP contribution in [0, 0.1) is 0 Å². The van der Waals surface area contributed by atoms with Crippen molar-refractivity contribution in [3.63, 3.8) is 0 Å². The van der Waals surface area contributed by atoms with Crippen LogP contribution in [0.5, 0.6) is 5.75 Å². The fourth-order valence-corrected chi connectivity index (χ4v) is 6.43. The molecule has 0 radical (unpaired) electrons. The van der Waals surface area contributed by atoms with Crippen LogP contribution in [0.3, 0.4) is 0 Å². The lowest BCUT2D eigenvalue weighted by Crippen LogP contribution is -2.71. The van der Waals surface area contributed by atoms with Gasteiger partial charge in [-0.3, -0.25) is 14.5 Å². The minimum atomic E-state index is -4.85. The maximum absolute atomic E-state index is 13.1. The van der Waals surface area contributed by atoms with E-state index >= 15 is 0 Å². The number of thioether (sulfide) groups is 1. The third-order valence-electron chi connectivity index (χ3n) is 6.31. The second kappa shape index (κ2) is 10.6. The summed E-state index contributed by atoms with van der Waals surface area (Å²) in [6.45, 7) is 0.0404. The molecular formula is C23H21F3N7O6S2+. The van der Waals surface area contributed by atoms with E-state index < -0.39 is 41.3 Å². The lowest BCUT2D eigenvalue weighted by atomic mass is 10.0. The minimum Gasteiger partial charge on any atom is -0.477 e. The zero-order valence-corrected chi connectivity index (χ0v) is 22.8. The molecule has 2 aliphatic heterocycles. The maximum Gasteiger partial charge on any atom is 0.573 e. The summed E-state index contributed by atoms with van der Waals surface area (Å²) in [6.07, 6.45) is -3.20. The third kappa shape index (κ3) is 5.39. The number of fused-ring (bicyclic) bond motifs is 2. The summed E-state index contributed by atoms with van der Waals surface area (Å²) in [5, 5.41) is 17.9. The molecule has 2 atom stereocenters. The molecule has 2 amide bonds. The first-order chi connectivity index (χ1) is 19.4. The molecule has 0 bridgehead atoms. The summed E-state index contributed by atoms with van der Waals surface area (Å²) in [5.74, 6) is -2.89. The van der Waals surface area contributed by atoms with Crippen molar-refractivity contribution >= 4 is 62.6 Å². The van der Waals surface area contributed by atoms with Crippen molar-refractivity contribution in [3.05, 3.63) is 46.7 Å². The summed E-state index contributed by atoms with van der Waals surface area (Å²) in [4.78, 5) is 48.2. The number of anilines is 1. The molecule has 18 heteroatoms. The number of nitrogens with one attached hydrogen (secondary N) is 1. The van der Waals surface area contributed by atoms with Gasteiger partial charge in [0.1, 0.15) is 41.2 Å². The van der Waals surface area contributed by atoms with Gasteiger partial charge in [-0.05, 0) is 12.1 Å². The van der Waals surface area contributed by atoms with Gasteiger partial charge in [-0.25, -0.2) is 9.78 Å². The van der Waals surface area contributed by atoms with Crippen LogP contribution in [0.15, 0.2) is 46.2 Å². The first-order valence-corrected chi connectivity index (χ1v) is 13.6. The van der Waals surface area contributed by atoms with E-state index in [-0.39, 0.29) is 34.5 Å². The smallest absolute Gasteiger partial charge is 0.477 e. The molecule has 0 unspecified atom stereocenters. The molecule has 0 aliphatic carbocycles. The Kier molecular flexibility index (Phi) is 7.28. The number of carbonyl (C=O) groups is 3. The van der Waals surface area contributed by atoms with Crippen molar-refractivity contribution < 1.29 is 46.9 Å². The van der Waals surface area contributed by atoms with Gasteiger partial charge in [0.25, 0.3) is 11.8 Å². The molecule has 1 fully saturated rings. The summed E-state index contributed by atoms with van der Waals surface area (Å²) in [6, 6.07) is 2.84. The van der Waals surface area contributed by atoms with E-state index in [1.54, 1.807) is 22.6 Å². The average molecular weight is 613 g/mol. The number of benzene rings is 1. The Morgan fingerprint density at radius 3 is 2.76 bits per heavy atom. The van der Waals surface area contributed by atoms with Crippen LogP contribution in [0.25, 0.3) is 10.9 Å². The van der Waals surface area contributed by atoms with Gasteiger partial charge in [0, 0.05) is 22.8 Å². The molecular weight excluding hydrogens is 591 g/mol. The number of rotatable bonds is 8. The topological polar surface area (TPSA) is 165 Å². The second-order valence-corrected chi connectivity index (χ2v) is 10.8. The van der Waals surface area contributed by atoms with Crippen LogP contribution in [-0.4, -0.2) is 73.8 Å². The quantitative estimate of drug-likeness (QED) is 0.147. The number of halogens is 3. The number of carbonyl (C=O) groups excluding carboxylic acids is 2. The highest BCUT2D eigenvalue weighted by Gasteiger charge is 2.55. The van der Waals surface area contributed by atoms with Crippen LogP contribution < -0.4 is 20.5 Å². The molecule has 3 aromatic rings. The third-order valence-corrected chi connectivity index (χ3v) is 8.32. The molecule has 4 N–H and O–H groups in total. The van der Waals surface area contributed by atoms with Crippen LogP contribution in [-0.2, 0) is 32.8 Å². The fraction of sp³-hybridized carbons (Fsp3) is 0.304. The normalized spacial score (nSPS) is 19.2. The number of aromatic nitrogens is 3. The van der Waals surface area contributed by atoms with Crippen LogP contribution in [0.4, 0.5) is 18.3 Å². The van der Waals surface area contributed by atoms with Gasteiger partial charge in [-0.1, -0.05) is 5.16 Å². The van der Waals surface area contributed by atoms with Crippen LogP contribution in [0.2, 0.25) is 0 Å². The summed E-state index contributed by atoms with van der Waals surface area (Å²) in [7, 11) is 2.85. The molecule has 13 nitrogen and oxygen atoms in total. The van der Waals surface area contributed by atoms with E-state index in [9.17, 15) is 32.7 Å². The predicted octanol–water partition coefficient (Wildman–Crippen LogP) is 1.19. The zero-order valence-electron chi connectivity index (χ0n) is 21.2. The minimum absolute atomic E-state index is 0.0404. The van der Waals surface area contributed by atoms with E-state index in [0.717, 1.165) is 16.2 Å². The molecule has 0 saturated carbocycles. The highest BCUT2D eigenvalue weighted by molar-refractivity contribution is 8.00. The number of aliphatic carboxylic acids is 1. The number of carboxylic acids is 1. The Labute approximate surface area is 237 Å². The Morgan fingerprint density at radius 2 is 2.12 bits per heavy atom. The van der Waals surface area contributed by atoms with Crippen LogP contribution in [0.1, 0.15) is 5.69 Å². The van der Waals surface area contributed by atoms with Crippen LogP contribution >= 0.6 is 23.1 Å². The number of nitrogens with zero attached hydrogens (tertiary/aromatic N) is 5. The first kappa shape index (κ1) is 28.2. The highest BCUT2D eigenvalue weighted by Crippen LogP contribution is 2.40. The Hall–Kier alpha value is -4.32. The van der Waals surface area contributed by atoms with Gasteiger partial charge in [0.2, 0.25) is 6.20 Å². The molecule has 41 heavy (non-hydrogen) atoms. The second-order valence-electron chi connectivity index (χ2n) is 8.83. The largest absolute Gasteiger partial charge is 0.573 e. The van der Waals surface area contributed by atoms with Gasteiger partial charge in [0.15, 0.2) is 17.4 Å². The Bertz CT molecular complexity index is 1630. The number of carboxylic acid groups (broad SMARTS) is 1. The number of ether oxygens (including phenoxy) is 1. The number of alkyl halides is 3. The number of β-lactam (4-membered cyclic amide) rings is 1. The fourth-order valence-electron chi connectivity index (χ4n) is 4.55. The molecule has 0 spiro atoms. The Balaban J connectivity index is 1.37. The van der Waals surface area contributed by atoms with Crippen molar-refractivity contribution in [1.29, 1.82) is 0 Å². The van der Waals surface area contributed by atoms with E-state index in [4.69, 9.17) is 10.6 Å². The number of thiazole rings is 1. The van der Waals surface area contributed by atoms with E-state index in [2.05, 4.69) is 20.2 Å². The number of amides is 2. The van der Waals surface area contributed by atoms with Crippen molar-refractivity contribution in [2.45, 2.75) is 24.3 Å². The molecule has 2 aromatic heterocycles. The van der Waals surface area contributed by atoms with Gasteiger partial charge >= 0.3 is 12.3 Å². The van der Waals surface area contributed by atoms with Crippen molar-refractivity contribution in [1.82, 2.24) is 19.9 Å². The number of hydrogen-bond donors (Lipinski definition) is 3. The molecule has 216 valence electrons. The van der Waals surface area contributed by atoms with Gasteiger partial charge in [0.05, 0.1) is 12.4 Å². The molecule has 5 rings (SSSR count). The Morgan fingerprint density at radius 1 is 1.37 bits per heavy atom. The van der Waals surface area contributed by atoms with Gasteiger partial charge in [-0.2, -0.15) is 4.68 Å². The highest BCUT2D eigenvalue weighted by atomic mass is 32.2. The standard InChI is InChI=1S/C23H20F3N7O6S2/c1-31-14-5-12(39-23(24,25)26)4-3-10(14)6-32(31)7-11-8-40-20-16(19(35)33(20)17(11)21(36)37)29-18(34)15(30-38-2)13-9-41-22(27)28-13/h3-6,9,16,20H,7-8H2,1-2H3,(H3-,27,28,29,34,36,37)/p+1/b30-15-/t16-,20-/m1/s1. The van der Waals surface area contributed by atoms with Crippen molar-refractivity contribution in [2.24, 2.45) is 12.2 Å². The number of aryl methyl sites for hydroxylation is 1. The van der Waals surface area contributed by atoms with Gasteiger partial charge < -0.3 is 25.7 Å². The SMILES string of the molecule is CO/N=C(\C(=O)N[C@@H]1C(=O)N2C(C(=O)O)=C(C[n+]3cc4ccc(OC(F)(F)F)cc4n3C)CS[C@H]12)c1csc(N)n1. The predicted molar refractivity (Wildman–Crippen MR) is 140 cm³/mol. The molecule has 1 saturated heterocycles. The van der Waals surface area contributed by atoms with Crippen molar-refractivity contribution in [2.75, 3.05) is 18.6 Å². The number of hydrogen-bond acceptors (Lipinski definition) is 10. The number of nitrogens with two attached hydrogens (primary N) is 1. The molecule has 4 heterocycles. The molecule has 2 aliphatic rings. The van der Waals surface area contributed by atoms with E-state index in [1.165, 1.54) is 42.5 Å². The lowest BCUT2D eigenvalue weighted by Gasteiger charge is -2.49. The average Bonchev–Trinajstić information content (AvgIpc) is 3.46. The zero-order chi connectivity index (χ0) is 29.6. The van der Waals surface area contributed by atoms with Crippen molar-refractivity contribution in [3.8, 4) is 5.75 Å². The van der Waals surface area contributed by atoms with E-state index in [0.29, 0.717) is 16.5 Å². The monoisotopic (exact) mass is 612 g/mol. The maximum atomic E-state index is 13.1. The van der Waals surface area contributed by atoms with Gasteiger partial charge in [-0.15, -0.1) is 41.0 Å². The summed E-state index contributed by atoms with van der Waals surface area (Å²) >= 11 is 2.35. The summed E-state index contributed by atoms with van der Waals surface area (Å²) < 4.78 is 45.2.